The molecule has 0 bridgehead atoms. The van der Waals surface area contributed by atoms with E-state index in [0.717, 1.165) is 5.92 Å². The molecule has 2 nitrogen and oxygen atoms in total. The van der Waals surface area contributed by atoms with Crippen LogP contribution in [-0.4, -0.2) is 30.1 Å². The van der Waals surface area contributed by atoms with Crippen LogP contribution in [0.1, 0.15) is 64.7 Å². The summed E-state index contributed by atoms with van der Waals surface area (Å²) in [5.41, 5.74) is 6.31. The third-order valence-corrected chi connectivity index (χ3v) is 4.83. The van der Waals surface area contributed by atoms with E-state index in [4.69, 9.17) is 5.73 Å². The molecule has 2 rings (SSSR count). The molecule has 0 aromatic rings. The van der Waals surface area contributed by atoms with Crippen LogP contribution in [0.15, 0.2) is 0 Å². The van der Waals surface area contributed by atoms with Gasteiger partial charge in [-0.2, -0.15) is 0 Å². The summed E-state index contributed by atoms with van der Waals surface area (Å²) < 4.78 is 0. The molecule has 1 heterocycles. The average Bonchev–Trinajstić information content (AvgIpc) is 2.56. The van der Waals surface area contributed by atoms with Crippen LogP contribution in [-0.2, 0) is 0 Å². The van der Waals surface area contributed by atoms with E-state index in [1.165, 1.54) is 70.9 Å². The van der Waals surface area contributed by atoms with E-state index in [1.807, 2.05) is 0 Å². The van der Waals surface area contributed by atoms with Gasteiger partial charge in [0, 0.05) is 12.1 Å². The van der Waals surface area contributed by atoms with E-state index in [1.54, 1.807) is 0 Å². The van der Waals surface area contributed by atoms with E-state index in [2.05, 4.69) is 11.8 Å². The number of nitrogens with two attached hydrogens (primary N) is 1. The van der Waals surface area contributed by atoms with Crippen molar-refractivity contribution in [1.29, 1.82) is 0 Å². The van der Waals surface area contributed by atoms with Crippen LogP contribution in [0.5, 0.6) is 0 Å². The van der Waals surface area contributed by atoms with Gasteiger partial charge in [-0.1, -0.05) is 32.6 Å². The van der Waals surface area contributed by atoms with Gasteiger partial charge in [-0.05, 0) is 51.1 Å². The number of hydrogen-bond acceptors (Lipinski definition) is 2. The molecule has 1 aliphatic heterocycles. The van der Waals surface area contributed by atoms with E-state index in [-0.39, 0.29) is 0 Å². The monoisotopic (exact) mass is 238 g/mol. The maximum atomic E-state index is 6.31. The highest BCUT2D eigenvalue weighted by molar-refractivity contribution is 4.87. The lowest BCUT2D eigenvalue weighted by Gasteiger charge is -2.37. The van der Waals surface area contributed by atoms with Crippen LogP contribution in [0.4, 0.5) is 0 Å². The average molecular weight is 238 g/mol. The highest BCUT2D eigenvalue weighted by Gasteiger charge is 2.28. The first-order valence-corrected chi connectivity index (χ1v) is 7.81. The standard InChI is InChI=1S/C15H30N2/c1-2-6-13-7-5-11-17(12-10-13)15-9-4-3-8-14(15)16/h13-15H,2-12,16H2,1H3. The first-order valence-electron chi connectivity index (χ1n) is 7.81. The van der Waals surface area contributed by atoms with Gasteiger partial charge in [-0.3, -0.25) is 4.90 Å². The maximum absolute atomic E-state index is 6.31. The minimum Gasteiger partial charge on any atom is -0.326 e. The molecule has 3 atom stereocenters. The summed E-state index contributed by atoms with van der Waals surface area (Å²) in [6, 6.07) is 1.15. The second-order valence-electron chi connectivity index (χ2n) is 6.14. The molecule has 1 saturated carbocycles. The van der Waals surface area contributed by atoms with Crippen molar-refractivity contribution in [3.63, 3.8) is 0 Å². The molecule has 2 fully saturated rings. The van der Waals surface area contributed by atoms with E-state index in [0.29, 0.717) is 12.1 Å². The second kappa shape index (κ2) is 6.75. The zero-order valence-electron chi connectivity index (χ0n) is 11.5. The molecule has 0 aromatic carbocycles. The second-order valence-corrected chi connectivity index (χ2v) is 6.14. The Labute approximate surface area is 107 Å². The molecule has 0 spiro atoms. The van der Waals surface area contributed by atoms with E-state index < -0.39 is 0 Å². The van der Waals surface area contributed by atoms with Crippen LogP contribution in [0, 0.1) is 5.92 Å². The number of likely N-dealkylation sites (tertiary alicyclic amines) is 1. The van der Waals surface area contributed by atoms with Crippen LogP contribution in [0.25, 0.3) is 0 Å². The normalized spacial score (nSPS) is 36.7. The summed E-state index contributed by atoms with van der Waals surface area (Å²) in [4.78, 5) is 2.72. The lowest BCUT2D eigenvalue weighted by molar-refractivity contribution is 0.140. The van der Waals surface area contributed by atoms with Gasteiger partial charge < -0.3 is 5.73 Å². The Balaban J connectivity index is 1.84. The Morgan fingerprint density at radius 1 is 1.00 bits per heavy atom. The lowest BCUT2D eigenvalue weighted by atomic mass is 9.89. The fourth-order valence-electron chi connectivity index (χ4n) is 3.81. The fourth-order valence-corrected chi connectivity index (χ4v) is 3.81. The largest absolute Gasteiger partial charge is 0.326 e. The molecule has 0 aromatic heterocycles. The first-order chi connectivity index (χ1) is 8.31. The number of nitrogens with zero attached hydrogens (tertiary/aromatic N) is 1. The molecule has 0 radical (unpaired) electrons. The molecule has 2 heteroatoms. The van der Waals surface area contributed by atoms with Crippen LogP contribution in [0.2, 0.25) is 0 Å². The molecule has 0 amide bonds. The Morgan fingerprint density at radius 3 is 2.59 bits per heavy atom. The molecule has 2 aliphatic rings. The van der Waals surface area contributed by atoms with Crippen LogP contribution >= 0.6 is 0 Å². The summed E-state index contributed by atoms with van der Waals surface area (Å²) in [6.07, 6.45) is 12.4. The third-order valence-electron chi connectivity index (χ3n) is 4.83. The highest BCUT2D eigenvalue weighted by Crippen LogP contribution is 2.27. The van der Waals surface area contributed by atoms with Gasteiger partial charge in [0.25, 0.3) is 0 Å². The summed E-state index contributed by atoms with van der Waals surface area (Å²) in [7, 11) is 0. The van der Waals surface area contributed by atoms with Gasteiger partial charge in [-0.15, -0.1) is 0 Å². The van der Waals surface area contributed by atoms with E-state index >= 15 is 0 Å². The van der Waals surface area contributed by atoms with Gasteiger partial charge in [0.05, 0.1) is 0 Å². The Morgan fingerprint density at radius 2 is 1.82 bits per heavy atom. The molecule has 17 heavy (non-hydrogen) atoms. The topological polar surface area (TPSA) is 29.3 Å². The van der Waals surface area contributed by atoms with E-state index in [9.17, 15) is 0 Å². The van der Waals surface area contributed by atoms with Crippen molar-refractivity contribution in [2.45, 2.75) is 76.8 Å². The molecular weight excluding hydrogens is 208 g/mol. The zero-order chi connectivity index (χ0) is 12.1. The summed E-state index contributed by atoms with van der Waals surface area (Å²) in [5.74, 6) is 0.991. The molecule has 1 aliphatic carbocycles. The van der Waals surface area contributed by atoms with Gasteiger partial charge >= 0.3 is 0 Å². The quantitative estimate of drug-likeness (QED) is 0.818. The van der Waals surface area contributed by atoms with Crippen molar-refractivity contribution in [1.82, 2.24) is 4.90 Å². The highest BCUT2D eigenvalue weighted by atomic mass is 15.2. The van der Waals surface area contributed by atoms with Crippen molar-refractivity contribution < 1.29 is 0 Å². The zero-order valence-corrected chi connectivity index (χ0v) is 11.5. The third kappa shape index (κ3) is 3.69. The van der Waals surface area contributed by atoms with Crippen molar-refractivity contribution in [2.24, 2.45) is 11.7 Å². The predicted molar refractivity (Wildman–Crippen MR) is 74.1 cm³/mol. The number of rotatable bonds is 3. The first kappa shape index (κ1) is 13.4. The van der Waals surface area contributed by atoms with Gasteiger partial charge in [0.15, 0.2) is 0 Å². The Bertz CT molecular complexity index is 217. The summed E-state index contributed by atoms with van der Waals surface area (Å²) >= 11 is 0. The van der Waals surface area contributed by atoms with Crippen LogP contribution < -0.4 is 5.73 Å². The number of hydrogen-bond donors (Lipinski definition) is 1. The van der Waals surface area contributed by atoms with Crippen molar-refractivity contribution >= 4 is 0 Å². The molecule has 1 saturated heterocycles. The van der Waals surface area contributed by atoms with Gasteiger partial charge in [-0.25, -0.2) is 0 Å². The van der Waals surface area contributed by atoms with Crippen molar-refractivity contribution in [3.8, 4) is 0 Å². The Kier molecular flexibility index (Phi) is 5.30. The lowest BCUT2D eigenvalue weighted by Crippen LogP contribution is -2.49. The summed E-state index contributed by atoms with van der Waals surface area (Å²) in [6.45, 7) is 4.93. The van der Waals surface area contributed by atoms with Gasteiger partial charge in [0.1, 0.15) is 0 Å². The maximum Gasteiger partial charge on any atom is 0.0247 e. The SMILES string of the molecule is CCCC1CCCN(C2CCCCC2N)CC1. The van der Waals surface area contributed by atoms with Crippen molar-refractivity contribution in [3.05, 3.63) is 0 Å². The van der Waals surface area contributed by atoms with Gasteiger partial charge in [0.2, 0.25) is 0 Å². The molecular formula is C15H30N2. The Hall–Kier alpha value is -0.0800. The fraction of sp³-hybridized carbons (Fsp3) is 1.00. The minimum absolute atomic E-state index is 0.450. The molecule has 2 N–H and O–H groups in total. The molecule has 3 unspecified atom stereocenters. The minimum atomic E-state index is 0.450. The summed E-state index contributed by atoms with van der Waals surface area (Å²) in [5, 5.41) is 0. The smallest absolute Gasteiger partial charge is 0.0247 e. The van der Waals surface area contributed by atoms with Crippen molar-refractivity contribution in [2.75, 3.05) is 13.1 Å². The predicted octanol–water partition coefficient (Wildman–Crippen LogP) is 3.16. The van der Waals surface area contributed by atoms with Crippen LogP contribution in [0.3, 0.4) is 0 Å². The molecule has 100 valence electrons.